The topological polar surface area (TPSA) is 46.6 Å². The summed E-state index contributed by atoms with van der Waals surface area (Å²) in [5, 5.41) is 0. The number of carbonyl (C=O) groups excluding carboxylic acids is 2. The second-order valence-corrected chi connectivity index (χ2v) is 5.75. The number of rotatable bonds is 11. The van der Waals surface area contributed by atoms with Crippen LogP contribution in [0.3, 0.4) is 0 Å². The Morgan fingerprint density at radius 3 is 2.73 bits per heavy atom. The summed E-state index contributed by atoms with van der Waals surface area (Å²) in [7, 11) is 1.56. The van der Waals surface area contributed by atoms with Crippen LogP contribution in [0.5, 0.6) is 0 Å². The van der Waals surface area contributed by atoms with Crippen molar-refractivity contribution in [3.8, 4) is 0 Å². The van der Waals surface area contributed by atoms with Crippen LogP contribution in [0, 0.1) is 0 Å². The lowest BCUT2D eigenvalue weighted by molar-refractivity contribution is -0.143. The normalized spacial score (nSPS) is 17.5. The van der Waals surface area contributed by atoms with Crippen molar-refractivity contribution < 1.29 is 14.3 Å². The highest BCUT2D eigenvalue weighted by atomic mass is 16.5. The summed E-state index contributed by atoms with van der Waals surface area (Å²) in [6, 6.07) is -0.204. The lowest BCUT2D eigenvalue weighted by atomic mass is 10.1. The van der Waals surface area contributed by atoms with E-state index in [1.807, 2.05) is 6.08 Å². The minimum absolute atomic E-state index is 0.0756. The molecular formula is C18H29NO3. The van der Waals surface area contributed by atoms with Gasteiger partial charge in [0.2, 0.25) is 5.91 Å². The van der Waals surface area contributed by atoms with E-state index in [-0.39, 0.29) is 17.9 Å². The number of unbranched alkanes of at least 4 members (excludes halogenated alkanes) is 5. The smallest absolute Gasteiger partial charge is 0.257 e. The van der Waals surface area contributed by atoms with Crippen molar-refractivity contribution in [2.75, 3.05) is 7.11 Å². The van der Waals surface area contributed by atoms with Crippen LogP contribution in [-0.4, -0.2) is 29.9 Å². The zero-order chi connectivity index (χ0) is 16.4. The third kappa shape index (κ3) is 5.32. The molecule has 0 saturated heterocycles. The molecule has 4 nitrogen and oxygen atoms in total. The van der Waals surface area contributed by atoms with Gasteiger partial charge in [-0.05, 0) is 25.7 Å². The fourth-order valence-corrected chi connectivity index (χ4v) is 2.78. The Morgan fingerprint density at radius 2 is 2.09 bits per heavy atom. The maximum atomic E-state index is 12.4. The Morgan fingerprint density at radius 1 is 1.32 bits per heavy atom. The molecule has 1 rings (SSSR count). The van der Waals surface area contributed by atoms with E-state index >= 15 is 0 Å². The fraction of sp³-hybridized carbons (Fsp3) is 0.667. The lowest BCUT2D eigenvalue weighted by Gasteiger charge is -2.25. The van der Waals surface area contributed by atoms with E-state index in [2.05, 4.69) is 13.5 Å². The molecule has 0 aliphatic carbocycles. The van der Waals surface area contributed by atoms with Gasteiger partial charge in [0, 0.05) is 12.5 Å². The van der Waals surface area contributed by atoms with E-state index in [4.69, 9.17) is 4.74 Å². The van der Waals surface area contributed by atoms with Gasteiger partial charge in [0.25, 0.3) is 5.91 Å². The van der Waals surface area contributed by atoms with Gasteiger partial charge < -0.3 is 4.74 Å². The minimum Gasteiger partial charge on any atom is -0.499 e. The number of amides is 2. The second-order valence-electron chi connectivity index (χ2n) is 5.75. The number of imide groups is 1. The number of allylic oxidation sites excluding steroid dienone is 1. The molecule has 0 aromatic heterocycles. The van der Waals surface area contributed by atoms with E-state index in [0.29, 0.717) is 12.2 Å². The van der Waals surface area contributed by atoms with E-state index in [1.165, 1.54) is 11.0 Å². The number of carbonyl (C=O) groups is 2. The summed E-state index contributed by atoms with van der Waals surface area (Å²) < 4.78 is 5.30. The summed E-state index contributed by atoms with van der Waals surface area (Å²) in [6.45, 7) is 5.83. The summed E-state index contributed by atoms with van der Waals surface area (Å²) in [4.78, 5) is 25.9. The van der Waals surface area contributed by atoms with Crippen LogP contribution in [0.1, 0.15) is 64.7 Å². The molecule has 2 amide bonds. The zero-order valence-corrected chi connectivity index (χ0v) is 14.0. The molecule has 1 heterocycles. The molecule has 0 bridgehead atoms. The summed E-state index contributed by atoms with van der Waals surface area (Å²) in [5.74, 6) is 0.323. The molecule has 1 aliphatic rings. The van der Waals surface area contributed by atoms with Gasteiger partial charge >= 0.3 is 0 Å². The fourth-order valence-electron chi connectivity index (χ4n) is 2.78. The van der Waals surface area contributed by atoms with Crippen LogP contribution in [0.2, 0.25) is 0 Å². The Bertz CT molecular complexity index is 415. The largest absolute Gasteiger partial charge is 0.499 e. The first kappa shape index (κ1) is 18.5. The van der Waals surface area contributed by atoms with Gasteiger partial charge in [-0.15, -0.1) is 6.58 Å². The van der Waals surface area contributed by atoms with Gasteiger partial charge in [-0.2, -0.15) is 0 Å². The average Bonchev–Trinajstić information content (AvgIpc) is 2.83. The van der Waals surface area contributed by atoms with Crippen molar-refractivity contribution in [3.05, 3.63) is 24.5 Å². The molecule has 4 heteroatoms. The van der Waals surface area contributed by atoms with E-state index < -0.39 is 0 Å². The molecule has 0 unspecified atom stereocenters. The first-order chi connectivity index (χ1) is 10.7. The van der Waals surface area contributed by atoms with Gasteiger partial charge in [-0.1, -0.05) is 38.7 Å². The van der Waals surface area contributed by atoms with Crippen molar-refractivity contribution >= 4 is 11.8 Å². The van der Waals surface area contributed by atoms with Gasteiger partial charge in [-0.25, -0.2) is 0 Å². The Labute approximate surface area is 134 Å². The first-order valence-corrected chi connectivity index (χ1v) is 8.38. The highest BCUT2D eigenvalue weighted by Gasteiger charge is 2.37. The SMILES string of the molecule is C=CCCCCCC(=O)N1C(=O)C=C(OC)[C@@H]1CCCCC. The van der Waals surface area contributed by atoms with Crippen LogP contribution in [0.4, 0.5) is 0 Å². The van der Waals surface area contributed by atoms with Crippen molar-refractivity contribution in [1.82, 2.24) is 4.90 Å². The van der Waals surface area contributed by atoms with Gasteiger partial charge in [0.1, 0.15) is 5.76 Å². The van der Waals surface area contributed by atoms with Gasteiger partial charge in [-0.3, -0.25) is 14.5 Å². The Balaban J connectivity index is 2.54. The predicted molar refractivity (Wildman–Crippen MR) is 88.2 cm³/mol. The molecule has 1 aliphatic heterocycles. The number of ether oxygens (including phenoxy) is 1. The molecular weight excluding hydrogens is 278 g/mol. The predicted octanol–water partition coefficient (Wildman–Crippen LogP) is 3.97. The number of nitrogens with zero attached hydrogens (tertiary/aromatic N) is 1. The monoisotopic (exact) mass is 307 g/mol. The summed E-state index contributed by atoms with van der Waals surface area (Å²) in [5.41, 5.74) is 0. The summed E-state index contributed by atoms with van der Waals surface area (Å²) >= 11 is 0. The van der Waals surface area contributed by atoms with E-state index in [0.717, 1.165) is 51.4 Å². The van der Waals surface area contributed by atoms with Crippen LogP contribution >= 0.6 is 0 Å². The Hall–Kier alpha value is -1.58. The molecule has 1 atom stereocenters. The van der Waals surface area contributed by atoms with Crippen LogP contribution in [0.15, 0.2) is 24.5 Å². The highest BCUT2D eigenvalue weighted by molar-refractivity contribution is 6.04. The second kappa shape index (κ2) is 10.2. The zero-order valence-electron chi connectivity index (χ0n) is 14.0. The molecule has 0 spiro atoms. The Kier molecular flexibility index (Phi) is 8.56. The maximum Gasteiger partial charge on any atom is 0.257 e. The molecule has 0 aromatic carbocycles. The van der Waals surface area contributed by atoms with Crippen molar-refractivity contribution in [1.29, 1.82) is 0 Å². The van der Waals surface area contributed by atoms with Crippen LogP contribution in [-0.2, 0) is 14.3 Å². The molecule has 22 heavy (non-hydrogen) atoms. The molecule has 0 fully saturated rings. The van der Waals surface area contributed by atoms with Crippen molar-refractivity contribution in [2.45, 2.75) is 70.8 Å². The quantitative estimate of drug-likeness (QED) is 0.428. The molecule has 0 aromatic rings. The molecule has 0 saturated carbocycles. The first-order valence-electron chi connectivity index (χ1n) is 8.38. The third-order valence-electron chi connectivity index (χ3n) is 4.03. The van der Waals surface area contributed by atoms with E-state index in [9.17, 15) is 9.59 Å². The van der Waals surface area contributed by atoms with Crippen molar-refractivity contribution in [3.63, 3.8) is 0 Å². The van der Waals surface area contributed by atoms with Gasteiger partial charge in [0.15, 0.2) is 0 Å². The third-order valence-corrected chi connectivity index (χ3v) is 4.03. The standard InChI is InChI=1S/C18H29NO3/c1-4-6-8-9-11-13-17(20)19-15(12-10-7-5-2)16(22-3)14-18(19)21/h4,14-15H,1,5-13H2,2-3H3/t15-/m0/s1. The number of hydrogen-bond acceptors (Lipinski definition) is 3. The molecule has 0 N–H and O–H groups in total. The van der Waals surface area contributed by atoms with Crippen LogP contribution in [0.25, 0.3) is 0 Å². The number of methoxy groups -OCH3 is 1. The lowest BCUT2D eigenvalue weighted by Crippen LogP contribution is -2.40. The molecule has 124 valence electrons. The van der Waals surface area contributed by atoms with Gasteiger partial charge in [0.05, 0.1) is 13.2 Å². The maximum absolute atomic E-state index is 12.4. The highest BCUT2D eigenvalue weighted by Crippen LogP contribution is 2.26. The minimum atomic E-state index is -0.227. The average molecular weight is 307 g/mol. The number of hydrogen-bond donors (Lipinski definition) is 0. The summed E-state index contributed by atoms with van der Waals surface area (Å²) in [6.07, 6.45) is 11.6. The van der Waals surface area contributed by atoms with Crippen molar-refractivity contribution in [2.24, 2.45) is 0 Å². The van der Waals surface area contributed by atoms with Crippen LogP contribution < -0.4 is 0 Å². The molecule has 0 radical (unpaired) electrons. The van der Waals surface area contributed by atoms with E-state index in [1.54, 1.807) is 7.11 Å².